The topological polar surface area (TPSA) is 0 Å². The van der Waals surface area contributed by atoms with E-state index in [2.05, 4.69) is 50.0 Å². The lowest BCUT2D eigenvalue weighted by atomic mass is 9.78. The fourth-order valence-corrected chi connectivity index (χ4v) is 3.99. The monoisotopic (exact) mass is 324 g/mol. The van der Waals surface area contributed by atoms with E-state index in [1.807, 2.05) is 0 Å². The van der Waals surface area contributed by atoms with Crippen molar-refractivity contribution >= 4 is 0 Å². The van der Waals surface area contributed by atoms with Crippen molar-refractivity contribution in [3.8, 4) is 11.8 Å². The summed E-state index contributed by atoms with van der Waals surface area (Å²) in [6.07, 6.45) is 16.1. The van der Waals surface area contributed by atoms with Gasteiger partial charge in [-0.1, -0.05) is 89.2 Å². The van der Waals surface area contributed by atoms with Crippen molar-refractivity contribution in [2.24, 2.45) is 11.8 Å². The van der Waals surface area contributed by atoms with Crippen LogP contribution in [-0.2, 0) is 6.42 Å². The van der Waals surface area contributed by atoms with Crippen molar-refractivity contribution < 1.29 is 0 Å². The van der Waals surface area contributed by atoms with E-state index in [1.165, 1.54) is 81.8 Å². The number of hydrogen-bond acceptors (Lipinski definition) is 0. The molecular weight excluding hydrogens is 288 g/mol. The van der Waals surface area contributed by atoms with Gasteiger partial charge < -0.3 is 0 Å². The summed E-state index contributed by atoms with van der Waals surface area (Å²) < 4.78 is 0. The lowest BCUT2D eigenvalue weighted by Crippen LogP contribution is -2.14. The van der Waals surface area contributed by atoms with Gasteiger partial charge in [-0.15, -0.1) is 0 Å². The molecule has 0 nitrogen and oxygen atoms in total. The van der Waals surface area contributed by atoms with Gasteiger partial charge in [-0.2, -0.15) is 0 Å². The van der Waals surface area contributed by atoms with E-state index in [1.54, 1.807) is 0 Å². The third-order valence-electron chi connectivity index (χ3n) is 5.60. The van der Waals surface area contributed by atoms with Gasteiger partial charge in [-0.05, 0) is 48.8 Å². The molecule has 0 heteroatoms. The molecule has 0 saturated heterocycles. The first kappa shape index (κ1) is 19.1. The average molecular weight is 325 g/mol. The molecule has 132 valence electrons. The number of benzene rings is 1. The molecule has 2 rings (SSSR count). The normalized spacial score (nSPS) is 20.4. The van der Waals surface area contributed by atoms with Crippen LogP contribution in [0.4, 0.5) is 0 Å². The molecule has 1 saturated carbocycles. The predicted molar refractivity (Wildman–Crippen MR) is 106 cm³/mol. The molecule has 0 atom stereocenters. The second-order valence-corrected chi connectivity index (χ2v) is 7.67. The third-order valence-corrected chi connectivity index (χ3v) is 5.60. The van der Waals surface area contributed by atoms with Gasteiger partial charge in [0.15, 0.2) is 0 Å². The Morgan fingerprint density at radius 3 is 2.12 bits per heavy atom. The highest BCUT2D eigenvalue weighted by molar-refractivity contribution is 5.36. The third kappa shape index (κ3) is 7.12. The standard InChI is InChI=1S/C24H36/c1-3-5-6-10-22-17-19-24(20-18-22)12-8-7-11-23-15-13-21(9-4-2)14-16-23/h17-21,23H,3-7,9-11,13-16H2,1-2H3. The SMILES string of the molecule is CCCCCc1ccc(C#CCCC2CCC(CCC)CC2)cc1. The summed E-state index contributed by atoms with van der Waals surface area (Å²) in [6.45, 7) is 4.58. The molecule has 0 spiro atoms. The summed E-state index contributed by atoms with van der Waals surface area (Å²) in [6, 6.07) is 8.91. The van der Waals surface area contributed by atoms with E-state index in [9.17, 15) is 0 Å². The first-order valence-electron chi connectivity index (χ1n) is 10.4. The molecule has 1 fully saturated rings. The van der Waals surface area contributed by atoms with Crippen LogP contribution >= 0.6 is 0 Å². The highest BCUT2D eigenvalue weighted by Gasteiger charge is 2.19. The van der Waals surface area contributed by atoms with Gasteiger partial charge in [-0.3, -0.25) is 0 Å². The number of unbranched alkanes of at least 4 members (excludes halogenated alkanes) is 2. The van der Waals surface area contributed by atoms with Crippen LogP contribution in [0.1, 0.15) is 95.6 Å². The molecule has 0 aromatic heterocycles. The zero-order valence-corrected chi connectivity index (χ0v) is 15.9. The minimum Gasteiger partial charge on any atom is -0.0979 e. The lowest BCUT2D eigenvalue weighted by molar-refractivity contribution is 0.254. The van der Waals surface area contributed by atoms with E-state index in [4.69, 9.17) is 0 Å². The Balaban J connectivity index is 1.66. The van der Waals surface area contributed by atoms with Crippen LogP contribution in [0.5, 0.6) is 0 Å². The molecule has 0 N–H and O–H groups in total. The fraction of sp³-hybridized carbons (Fsp3) is 0.667. The summed E-state index contributed by atoms with van der Waals surface area (Å²) in [5, 5.41) is 0. The number of aryl methyl sites for hydroxylation is 1. The molecule has 1 aromatic carbocycles. The summed E-state index contributed by atoms with van der Waals surface area (Å²) in [5.41, 5.74) is 2.64. The van der Waals surface area contributed by atoms with Crippen LogP contribution in [0, 0.1) is 23.7 Å². The molecule has 1 aliphatic rings. The van der Waals surface area contributed by atoms with Crippen LogP contribution in [0.3, 0.4) is 0 Å². The molecular formula is C24H36. The maximum atomic E-state index is 3.41. The van der Waals surface area contributed by atoms with Gasteiger partial charge >= 0.3 is 0 Å². The van der Waals surface area contributed by atoms with E-state index in [0.29, 0.717) is 0 Å². The maximum Gasteiger partial charge on any atom is 0.0245 e. The van der Waals surface area contributed by atoms with E-state index in [-0.39, 0.29) is 0 Å². The first-order chi connectivity index (χ1) is 11.8. The highest BCUT2D eigenvalue weighted by atomic mass is 14.2. The van der Waals surface area contributed by atoms with Crippen LogP contribution in [-0.4, -0.2) is 0 Å². The Morgan fingerprint density at radius 2 is 1.50 bits per heavy atom. The van der Waals surface area contributed by atoms with Crippen LogP contribution in [0.15, 0.2) is 24.3 Å². The maximum absolute atomic E-state index is 3.41. The Labute approximate surface area is 150 Å². The van der Waals surface area contributed by atoms with Gasteiger partial charge in [0.05, 0.1) is 0 Å². The molecule has 24 heavy (non-hydrogen) atoms. The Bertz CT molecular complexity index is 491. The van der Waals surface area contributed by atoms with Gasteiger partial charge in [-0.25, -0.2) is 0 Å². The van der Waals surface area contributed by atoms with E-state index in [0.717, 1.165) is 18.3 Å². The van der Waals surface area contributed by atoms with Crippen molar-refractivity contribution in [3.05, 3.63) is 35.4 Å². The summed E-state index contributed by atoms with van der Waals surface area (Å²) in [4.78, 5) is 0. The van der Waals surface area contributed by atoms with E-state index >= 15 is 0 Å². The Kier molecular flexibility index (Phi) is 9.04. The van der Waals surface area contributed by atoms with Crippen molar-refractivity contribution in [2.75, 3.05) is 0 Å². The molecule has 0 aliphatic heterocycles. The minimum absolute atomic E-state index is 0.938. The summed E-state index contributed by atoms with van der Waals surface area (Å²) >= 11 is 0. The zero-order chi connectivity index (χ0) is 17.0. The van der Waals surface area contributed by atoms with Crippen LogP contribution < -0.4 is 0 Å². The Hall–Kier alpha value is -1.22. The average Bonchev–Trinajstić information content (AvgIpc) is 2.62. The predicted octanol–water partition coefficient (Wildman–Crippen LogP) is 7.16. The minimum atomic E-state index is 0.938. The molecule has 1 aromatic rings. The van der Waals surface area contributed by atoms with Crippen molar-refractivity contribution in [2.45, 2.75) is 90.9 Å². The van der Waals surface area contributed by atoms with Crippen LogP contribution in [0.2, 0.25) is 0 Å². The van der Waals surface area contributed by atoms with Gasteiger partial charge in [0.1, 0.15) is 0 Å². The summed E-state index contributed by atoms with van der Waals surface area (Å²) in [7, 11) is 0. The second kappa shape index (κ2) is 11.4. The first-order valence-corrected chi connectivity index (χ1v) is 10.4. The van der Waals surface area contributed by atoms with Gasteiger partial charge in [0.25, 0.3) is 0 Å². The fourth-order valence-electron chi connectivity index (χ4n) is 3.99. The molecule has 0 heterocycles. The summed E-state index contributed by atoms with van der Waals surface area (Å²) in [5.74, 6) is 8.72. The number of hydrogen-bond donors (Lipinski definition) is 0. The lowest BCUT2D eigenvalue weighted by Gasteiger charge is -2.27. The van der Waals surface area contributed by atoms with Crippen molar-refractivity contribution in [3.63, 3.8) is 0 Å². The molecule has 0 bridgehead atoms. The molecule has 0 radical (unpaired) electrons. The van der Waals surface area contributed by atoms with Crippen LogP contribution in [0.25, 0.3) is 0 Å². The van der Waals surface area contributed by atoms with Crippen molar-refractivity contribution in [1.82, 2.24) is 0 Å². The van der Waals surface area contributed by atoms with Gasteiger partial charge in [0.2, 0.25) is 0 Å². The quantitative estimate of drug-likeness (QED) is 0.351. The second-order valence-electron chi connectivity index (χ2n) is 7.67. The highest BCUT2D eigenvalue weighted by Crippen LogP contribution is 2.33. The van der Waals surface area contributed by atoms with Gasteiger partial charge in [0, 0.05) is 12.0 Å². The smallest absolute Gasteiger partial charge is 0.0245 e. The molecule has 1 aliphatic carbocycles. The zero-order valence-electron chi connectivity index (χ0n) is 15.9. The largest absolute Gasteiger partial charge is 0.0979 e. The Morgan fingerprint density at radius 1 is 0.833 bits per heavy atom. The molecule has 0 unspecified atom stereocenters. The van der Waals surface area contributed by atoms with E-state index < -0.39 is 0 Å². The number of rotatable bonds is 8. The van der Waals surface area contributed by atoms with Crippen molar-refractivity contribution in [1.29, 1.82) is 0 Å². The molecule has 0 amide bonds.